The predicted molar refractivity (Wildman–Crippen MR) is 200 cm³/mol. The number of esters is 1. The van der Waals surface area contributed by atoms with Crippen LogP contribution in [0.4, 0.5) is 21.3 Å². The molecule has 1 aromatic carbocycles. The highest BCUT2D eigenvalue weighted by Gasteiger charge is 2.45. The number of aliphatic hydroxyl groups excluding tert-OH is 1. The number of aliphatic hydroxyl groups is 1. The molecule has 5 heterocycles. The van der Waals surface area contributed by atoms with Crippen LogP contribution in [0.15, 0.2) is 47.8 Å². The quantitative estimate of drug-likeness (QED) is 0.0801. The van der Waals surface area contributed by atoms with Crippen molar-refractivity contribution >= 4 is 74.9 Å². The van der Waals surface area contributed by atoms with E-state index >= 15 is 0 Å². The van der Waals surface area contributed by atoms with Crippen LogP contribution in [0.2, 0.25) is 0 Å². The summed E-state index contributed by atoms with van der Waals surface area (Å²) >= 11 is 1.80. The Labute approximate surface area is 326 Å². The van der Waals surface area contributed by atoms with Crippen molar-refractivity contribution in [1.29, 1.82) is 0 Å². The summed E-state index contributed by atoms with van der Waals surface area (Å²) in [7, 11) is 3.00. The van der Waals surface area contributed by atoms with Crippen LogP contribution in [0, 0.1) is 0 Å². The van der Waals surface area contributed by atoms with Crippen LogP contribution >= 0.6 is 22.7 Å². The zero-order valence-corrected chi connectivity index (χ0v) is 31.5. The Morgan fingerprint density at radius 1 is 1.07 bits per heavy atom. The minimum atomic E-state index is -1.38. The molecule has 0 spiro atoms. The second kappa shape index (κ2) is 17.0. The Hall–Kier alpha value is -6.32. The van der Waals surface area contributed by atoms with E-state index < -0.39 is 36.2 Å². The average molecular weight is 810 g/mol. The van der Waals surface area contributed by atoms with Crippen LogP contribution in [-0.4, -0.2) is 105 Å². The minimum Gasteiger partial charge on any atom is -0.493 e. The maximum absolute atomic E-state index is 13.6. The smallest absolute Gasteiger partial charge is 0.416 e. The third-order valence-electron chi connectivity index (χ3n) is 8.61. The molecule has 2 atom stereocenters. The van der Waals surface area contributed by atoms with E-state index in [1.165, 1.54) is 51.6 Å². The Kier molecular flexibility index (Phi) is 12.0. The zero-order chi connectivity index (χ0) is 40.1. The molecule has 0 aliphatic carbocycles. The van der Waals surface area contributed by atoms with E-state index in [1.54, 1.807) is 13.2 Å². The van der Waals surface area contributed by atoms with Gasteiger partial charge in [-0.05, 0) is 31.4 Å². The first-order valence-corrected chi connectivity index (χ1v) is 18.7. The van der Waals surface area contributed by atoms with Crippen molar-refractivity contribution in [2.45, 2.75) is 38.0 Å². The number of carboxylic acids is 1. The molecule has 294 valence electrons. The minimum absolute atomic E-state index is 0.0220. The van der Waals surface area contributed by atoms with Crippen LogP contribution in [0.3, 0.4) is 0 Å². The molecule has 0 bridgehead atoms. The number of hydrogen-bond donors (Lipinski definition) is 4. The number of thiazole rings is 2. The number of ether oxygens (including phenoxy) is 4. The molecule has 4 aromatic rings. The number of nitrogens with zero attached hydrogens (tertiary/aromatic N) is 5. The van der Waals surface area contributed by atoms with Crippen LogP contribution in [-0.2, 0) is 16.6 Å². The number of anilines is 3. The molecule has 19 nitrogen and oxygen atoms in total. The van der Waals surface area contributed by atoms with Crippen molar-refractivity contribution in [1.82, 2.24) is 19.4 Å². The van der Waals surface area contributed by atoms with Crippen LogP contribution < -0.4 is 29.7 Å². The van der Waals surface area contributed by atoms with Gasteiger partial charge in [0.25, 0.3) is 17.0 Å². The number of rotatable bonds is 14. The summed E-state index contributed by atoms with van der Waals surface area (Å²) in [5.41, 5.74) is 0.347. The van der Waals surface area contributed by atoms with Crippen molar-refractivity contribution in [3.63, 3.8) is 0 Å². The number of aryl methyl sites for hydroxylation is 1. The number of aromatic carboxylic acids is 1. The Morgan fingerprint density at radius 3 is 2.59 bits per heavy atom. The molecule has 21 heteroatoms. The second-order valence-corrected chi connectivity index (χ2v) is 14.0. The SMILES string of the molecule is C=CCOC(=O)N1c2cc(OCCCC(=O)Nc3cc(C(=O)Nc4nc(C(=O)Oc5nc(C(=O)O)cs5)cs4)n(C)c3)c(OC)cc2C(=O)N2CCC[C@H]2C1O. The highest BCUT2D eigenvalue weighted by Crippen LogP contribution is 2.41. The van der Waals surface area contributed by atoms with E-state index in [2.05, 4.69) is 27.2 Å². The van der Waals surface area contributed by atoms with E-state index in [9.17, 15) is 33.9 Å². The number of nitrogens with one attached hydrogen (secondary N) is 2. The summed E-state index contributed by atoms with van der Waals surface area (Å²) < 4.78 is 23.3. The van der Waals surface area contributed by atoms with Gasteiger partial charge >= 0.3 is 18.0 Å². The average Bonchev–Trinajstić information content (AvgIpc) is 3.99. The predicted octanol–water partition coefficient (Wildman–Crippen LogP) is 3.98. The third kappa shape index (κ3) is 8.48. The van der Waals surface area contributed by atoms with E-state index in [0.717, 1.165) is 27.6 Å². The summed E-state index contributed by atoms with van der Waals surface area (Å²) in [5.74, 6) is -3.08. The summed E-state index contributed by atoms with van der Waals surface area (Å²) in [6, 6.07) is 3.72. The van der Waals surface area contributed by atoms with Gasteiger partial charge in [-0.2, -0.15) is 4.98 Å². The summed E-state index contributed by atoms with van der Waals surface area (Å²) in [4.78, 5) is 86.3. The lowest BCUT2D eigenvalue weighted by Gasteiger charge is -2.31. The Morgan fingerprint density at radius 2 is 1.86 bits per heavy atom. The Bertz CT molecular complexity index is 2200. The van der Waals surface area contributed by atoms with Gasteiger partial charge in [-0.3, -0.25) is 19.7 Å². The number of amides is 4. The van der Waals surface area contributed by atoms with Crippen molar-refractivity contribution in [2.24, 2.45) is 7.05 Å². The van der Waals surface area contributed by atoms with E-state index in [-0.39, 0.29) is 88.0 Å². The topological polar surface area (TPSA) is 241 Å². The largest absolute Gasteiger partial charge is 0.493 e. The molecular formula is C35H35N7O12S2. The number of carbonyl (C=O) groups excluding carboxylic acids is 5. The fourth-order valence-corrected chi connectivity index (χ4v) is 7.35. The maximum Gasteiger partial charge on any atom is 0.416 e. The lowest BCUT2D eigenvalue weighted by atomic mass is 10.1. The van der Waals surface area contributed by atoms with Gasteiger partial charge in [0.05, 0.1) is 36.7 Å². The van der Waals surface area contributed by atoms with Crippen molar-refractivity contribution in [3.8, 4) is 16.7 Å². The highest BCUT2D eigenvalue weighted by molar-refractivity contribution is 7.14. The molecule has 2 aliphatic heterocycles. The molecule has 2 aliphatic rings. The molecule has 1 saturated heterocycles. The number of aromatic nitrogens is 3. The lowest BCUT2D eigenvalue weighted by Crippen LogP contribution is -2.50. The van der Waals surface area contributed by atoms with Gasteiger partial charge in [0.15, 0.2) is 34.2 Å². The van der Waals surface area contributed by atoms with Crippen molar-refractivity contribution in [3.05, 3.63) is 70.5 Å². The number of benzene rings is 1. The van der Waals surface area contributed by atoms with Gasteiger partial charge < -0.3 is 43.9 Å². The number of carboxylic acid groups (broad SMARTS) is 1. The molecule has 1 unspecified atom stereocenters. The van der Waals surface area contributed by atoms with Crippen molar-refractivity contribution in [2.75, 3.05) is 42.4 Å². The number of fused-ring (bicyclic) bond motifs is 2. The summed E-state index contributed by atoms with van der Waals surface area (Å²) in [5, 5.41) is 28.1. The van der Waals surface area contributed by atoms with E-state index in [1.807, 2.05) is 0 Å². The first-order valence-electron chi connectivity index (χ1n) is 16.9. The van der Waals surface area contributed by atoms with Crippen molar-refractivity contribution < 1.29 is 57.9 Å². The molecule has 4 amide bonds. The molecular weight excluding hydrogens is 775 g/mol. The first-order chi connectivity index (χ1) is 26.9. The second-order valence-electron chi connectivity index (χ2n) is 12.3. The van der Waals surface area contributed by atoms with E-state index in [0.29, 0.717) is 25.1 Å². The number of methoxy groups -OCH3 is 1. The lowest BCUT2D eigenvalue weighted by molar-refractivity contribution is -0.116. The van der Waals surface area contributed by atoms with Gasteiger partial charge in [0, 0.05) is 43.0 Å². The van der Waals surface area contributed by atoms with Crippen LogP contribution in [0.5, 0.6) is 16.7 Å². The molecule has 1 fully saturated rings. The normalized spacial score (nSPS) is 15.9. The molecule has 4 N–H and O–H groups in total. The monoisotopic (exact) mass is 809 g/mol. The first kappa shape index (κ1) is 39.4. The standard InChI is InChI=1S/C35H35N7O12S2/c1-4-10-53-35(50)42-23-14-26(25(51-3)13-19(23)29(45)41-9-5-7-22(41)30(42)46)52-11-6-8-27(43)36-18-12-24(40(2)15-18)28(44)39-33-37-21(17-55-33)32(49)54-34-38-20(16-56-34)31(47)48/h4,12-17,22,30,46H,1,5-11H2,2-3H3,(H,36,43)(H,47,48)(H,37,39,44)/t22-,30?/m0/s1. The zero-order valence-electron chi connectivity index (χ0n) is 29.9. The van der Waals surface area contributed by atoms with Gasteiger partial charge in [0.1, 0.15) is 12.3 Å². The number of carbonyl (C=O) groups is 6. The van der Waals surface area contributed by atoms with Gasteiger partial charge in [0.2, 0.25) is 5.91 Å². The highest BCUT2D eigenvalue weighted by atomic mass is 32.1. The van der Waals surface area contributed by atoms with Gasteiger partial charge in [-0.25, -0.2) is 24.3 Å². The molecule has 56 heavy (non-hydrogen) atoms. The van der Waals surface area contributed by atoms with Crippen LogP contribution in [0.25, 0.3) is 0 Å². The number of hydrogen-bond acceptors (Lipinski definition) is 15. The summed E-state index contributed by atoms with van der Waals surface area (Å²) in [6.07, 6.45) is 2.11. The van der Waals surface area contributed by atoms with Gasteiger partial charge in [-0.15, -0.1) is 11.3 Å². The van der Waals surface area contributed by atoms with E-state index in [4.69, 9.17) is 24.1 Å². The van der Waals surface area contributed by atoms with Crippen LogP contribution in [0.1, 0.15) is 67.5 Å². The Balaban J connectivity index is 1.04. The maximum atomic E-state index is 13.6. The molecule has 3 aromatic heterocycles. The molecule has 6 rings (SSSR count). The van der Waals surface area contributed by atoms with Gasteiger partial charge in [-0.1, -0.05) is 24.0 Å². The summed E-state index contributed by atoms with van der Waals surface area (Å²) in [6.45, 7) is 3.90. The third-order valence-corrected chi connectivity index (χ3v) is 10.1. The fourth-order valence-electron chi connectivity index (χ4n) is 6.04. The molecule has 0 saturated carbocycles. The molecule has 0 radical (unpaired) electrons. The fraction of sp³-hybridized carbons (Fsp3) is 0.314.